The zero-order valence-corrected chi connectivity index (χ0v) is 14.4. The van der Waals surface area contributed by atoms with Crippen LogP contribution in [-0.2, 0) is 0 Å². The van der Waals surface area contributed by atoms with Gasteiger partial charge in [0.2, 0.25) is 0 Å². The first-order chi connectivity index (χ1) is 7.59. The Morgan fingerprint density at radius 3 is 1.71 bits per heavy atom. The van der Waals surface area contributed by atoms with Crippen LogP contribution in [0.5, 0.6) is 0 Å². The van der Waals surface area contributed by atoms with Crippen LogP contribution in [0.2, 0.25) is 39.3 Å². The normalized spacial score (nSPS) is 12.6. The molecule has 17 heavy (non-hydrogen) atoms. The van der Waals surface area contributed by atoms with Crippen LogP contribution in [0.15, 0.2) is 18.7 Å². The predicted molar refractivity (Wildman–Crippen MR) is 87.2 cm³/mol. The molecule has 0 heterocycles. The Labute approximate surface area is 109 Å². The van der Waals surface area contributed by atoms with Crippen LogP contribution in [0.3, 0.4) is 0 Å². The van der Waals surface area contributed by atoms with Crippen LogP contribution in [0.25, 0.3) is 6.08 Å². The molecule has 0 bridgehead atoms. The smallest absolute Gasteiger partial charge is 0.0782 e. The Bertz CT molecular complexity index is 431. The second kappa shape index (κ2) is 4.58. The molecule has 0 nitrogen and oxygen atoms in total. The van der Waals surface area contributed by atoms with Crippen molar-refractivity contribution in [2.45, 2.75) is 46.2 Å². The van der Waals surface area contributed by atoms with Crippen molar-refractivity contribution in [3.05, 3.63) is 29.8 Å². The first kappa shape index (κ1) is 14.5. The van der Waals surface area contributed by atoms with Gasteiger partial charge in [-0.25, -0.2) is 0 Å². The molecule has 1 rings (SSSR count). The molecule has 0 aliphatic carbocycles. The maximum atomic E-state index is 4.00. The standard InChI is InChI=1S/C15H26Si2/c1-9-13-11-10-12(2)14(16(3,4)5)15(13)17(6,7)8/h9-11H,1H2,2-8H3. The molecular formula is C15H26Si2. The fourth-order valence-corrected chi connectivity index (χ4v) is 9.08. The third-order valence-electron chi connectivity index (χ3n) is 3.17. The maximum Gasteiger partial charge on any atom is 0.0782 e. The molecule has 0 radical (unpaired) electrons. The summed E-state index contributed by atoms with van der Waals surface area (Å²) >= 11 is 0. The van der Waals surface area contributed by atoms with E-state index in [-0.39, 0.29) is 0 Å². The van der Waals surface area contributed by atoms with Crippen LogP contribution in [0.1, 0.15) is 11.1 Å². The summed E-state index contributed by atoms with van der Waals surface area (Å²) in [5.74, 6) is 0. The second-order valence-electron chi connectivity index (χ2n) is 6.93. The Hall–Kier alpha value is -0.606. The topological polar surface area (TPSA) is 0 Å². The maximum absolute atomic E-state index is 4.00. The zero-order chi connectivity index (χ0) is 13.4. The molecule has 0 saturated heterocycles. The van der Waals surface area contributed by atoms with Crippen molar-refractivity contribution < 1.29 is 0 Å². The summed E-state index contributed by atoms with van der Waals surface area (Å²) in [5.41, 5.74) is 2.85. The average molecular weight is 263 g/mol. The number of hydrogen-bond acceptors (Lipinski definition) is 0. The molecule has 0 unspecified atom stereocenters. The van der Waals surface area contributed by atoms with E-state index < -0.39 is 16.1 Å². The van der Waals surface area contributed by atoms with Gasteiger partial charge in [-0.1, -0.05) is 80.0 Å². The van der Waals surface area contributed by atoms with E-state index in [0.717, 1.165) is 0 Å². The van der Waals surface area contributed by atoms with Crippen LogP contribution < -0.4 is 10.4 Å². The Balaban J connectivity index is 3.73. The molecule has 94 valence electrons. The highest BCUT2D eigenvalue weighted by Crippen LogP contribution is 2.14. The summed E-state index contributed by atoms with van der Waals surface area (Å²) in [4.78, 5) is 0. The lowest BCUT2D eigenvalue weighted by Gasteiger charge is -2.31. The van der Waals surface area contributed by atoms with E-state index in [4.69, 9.17) is 0 Å². The highest BCUT2D eigenvalue weighted by Gasteiger charge is 2.30. The van der Waals surface area contributed by atoms with Crippen molar-refractivity contribution in [3.63, 3.8) is 0 Å². The van der Waals surface area contributed by atoms with Gasteiger partial charge >= 0.3 is 0 Å². The molecule has 0 spiro atoms. The first-order valence-corrected chi connectivity index (χ1v) is 13.4. The zero-order valence-electron chi connectivity index (χ0n) is 12.4. The Morgan fingerprint density at radius 1 is 0.882 bits per heavy atom. The van der Waals surface area contributed by atoms with Gasteiger partial charge in [-0.05, 0) is 12.5 Å². The van der Waals surface area contributed by atoms with E-state index in [9.17, 15) is 0 Å². The van der Waals surface area contributed by atoms with E-state index in [2.05, 4.69) is 64.9 Å². The van der Waals surface area contributed by atoms with E-state index in [1.54, 1.807) is 10.4 Å². The third-order valence-corrected chi connectivity index (χ3v) is 7.60. The quantitative estimate of drug-likeness (QED) is 0.728. The minimum Gasteiger partial charge on any atom is -0.0985 e. The monoisotopic (exact) mass is 262 g/mol. The number of rotatable bonds is 3. The predicted octanol–water partition coefficient (Wildman–Crippen LogP) is 3.73. The average Bonchev–Trinajstić information content (AvgIpc) is 2.13. The summed E-state index contributed by atoms with van der Waals surface area (Å²) < 4.78 is 0. The van der Waals surface area contributed by atoms with Crippen molar-refractivity contribution in [2.24, 2.45) is 0 Å². The molecule has 0 aromatic heterocycles. The van der Waals surface area contributed by atoms with Gasteiger partial charge in [0, 0.05) is 0 Å². The lowest BCUT2D eigenvalue weighted by atomic mass is 10.1. The highest BCUT2D eigenvalue weighted by atomic mass is 28.3. The van der Waals surface area contributed by atoms with Gasteiger partial charge in [-0.3, -0.25) is 0 Å². The number of benzene rings is 1. The molecule has 0 atom stereocenters. The fraction of sp³-hybridized carbons (Fsp3) is 0.467. The van der Waals surface area contributed by atoms with Crippen molar-refractivity contribution in [1.29, 1.82) is 0 Å². The Kier molecular flexibility index (Phi) is 3.89. The van der Waals surface area contributed by atoms with E-state index in [1.807, 2.05) is 6.08 Å². The minimum absolute atomic E-state index is 1.29. The van der Waals surface area contributed by atoms with E-state index >= 15 is 0 Å². The fourth-order valence-electron chi connectivity index (χ4n) is 2.67. The molecule has 0 saturated carbocycles. The summed E-state index contributed by atoms with van der Waals surface area (Å²) in [5, 5.41) is 3.32. The van der Waals surface area contributed by atoms with Gasteiger partial charge in [0.15, 0.2) is 0 Å². The van der Waals surface area contributed by atoms with E-state index in [1.165, 1.54) is 11.1 Å². The first-order valence-electron chi connectivity index (χ1n) is 6.36. The van der Waals surface area contributed by atoms with Crippen LogP contribution >= 0.6 is 0 Å². The SMILES string of the molecule is C=Cc1ccc(C)c([Si](C)(C)C)c1[Si](C)(C)C. The van der Waals surface area contributed by atoms with Crippen LogP contribution in [0.4, 0.5) is 0 Å². The lowest BCUT2D eigenvalue weighted by Crippen LogP contribution is -2.58. The van der Waals surface area contributed by atoms with Gasteiger partial charge in [0.25, 0.3) is 0 Å². The number of hydrogen-bond donors (Lipinski definition) is 0. The summed E-state index contributed by atoms with van der Waals surface area (Å²) in [7, 11) is -2.61. The highest BCUT2D eigenvalue weighted by molar-refractivity contribution is 6.99. The molecule has 1 aromatic carbocycles. The molecule has 0 fully saturated rings. The molecule has 0 aliphatic rings. The largest absolute Gasteiger partial charge is 0.0985 e. The molecule has 2 heteroatoms. The third kappa shape index (κ3) is 2.99. The van der Waals surface area contributed by atoms with Crippen molar-refractivity contribution in [1.82, 2.24) is 0 Å². The molecule has 0 N–H and O–H groups in total. The lowest BCUT2D eigenvalue weighted by molar-refractivity contribution is 1.49. The van der Waals surface area contributed by atoms with Gasteiger partial charge in [-0.2, -0.15) is 0 Å². The van der Waals surface area contributed by atoms with Crippen LogP contribution in [-0.4, -0.2) is 16.1 Å². The van der Waals surface area contributed by atoms with E-state index in [0.29, 0.717) is 0 Å². The molecule has 0 aliphatic heterocycles. The number of aryl methyl sites for hydroxylation is 1. The summed E-state index contributed by atoms with van der Waals surface area (Å²) in [6, 6.07) is 4.52. The molecule has 0 amide bonds. The van der Waals surface area contributed by atoms with Crippen molar-refractivity contribution in [2.75, 3.05) is 0 Å². The summed E-state index contributed by atoms with van der Waals surface area (Å²) in [6.45, 7) is 20.9. The molecule has 1 aromatic rings. The van der Waals surface area contributed by atoms with Crippen molar-refractivity contribution in [3.8, 4) is 0 Å². The van der Waals surface area contributed by atoms with Gasteiger partial charge in [0.1, 0.15) is 0 Å². The Morgan fingerprint density at radius 2 is 1.35 bits per heavy atom. The second-order valence-corrected chi connectivity index (χ2v) is 16.9. The van der Waals surface area contributed by atoms with Gasteiger partial charge < -0.3 is 0 Å². The molecular weight excluding hydrogens is 236 g/mol. The van der Waals surface area contributed by atoms with Gasteiger partial charge in [0.05, 0.1) is 16.1 Å². The van der Waals surface area contributed by atoms with Crippen LogP contribution in [0, 0.1) is 6.92 Å². The minimum atomic E-state index is -1.32. The van der Waals surface area contributed by atoms with Crippen molar-refractivity contribution >= 4 is 32.6 Å². The van der Waals surface area contributed by atoms with Gasteiger partial charge in [-0.15, -0.1) is 0 Å². The summed E-state index contributed by atoms with van der Waals surface area (Å²) in [6.07, 6.45) is 2.04.